The van der Waals surface area contributed by atoms with Crippen LogP contribution in [0.4, 0.5) is 0 Å². The fourth-order valence-electron chi connectivity index (χ4n) is 2.06. The van der Waals surface area contributed by atoms with E-state index in [9.17, 15) is 0 Å². The summed E-state index contributed by atoms with van der Waals surface area (Å²) in [6.45, 7) is 6.02. The molecule has 0 aromatic heterocycles. The molecule has 0 bridgehead atoms. The zero-order chi connectivity index (χ0) is 19.2. The third-order valence-electron chi connectivity index (χ3n) is 3.59. The average molecular weight is 409 g/mol. The van der Waals surface area contributed by atoms with E-state index in [2.05, 4.69) is 13.8 Å². The molecule has 6 heteroatoms. The van der Waals surface area contributed by atoms with E-state index in [1.807, 2.05) is 48.5 Å². The molecule has 0 radical (unpaired) electrons. The number of ether oxygens (including phenoxy) is 2. The smallest absolute Gasteiger partial charge is 0.174 e. The summed E-state index contributed by atoms with van der Waals surface area (Å²) in [5.74, 6) is 1.78. The Morgan fingerprint density at radius 2 is 1.04 bits per heavy atom. The van der Waals surface area contributed by atoms with Crippen molar-refractivity contribution in [3.05, 3.63) is 48.5 Å². The summed E-state index contributed by atoms with van der Waals surface area (Å²) in [7, 11) is 0. The lowest BCUT2D eigenvalue weighted by atomic mass is 10.3. The van der Waals surface area contributed by atoms with Gasteiger partial charge in [0.1, 0.15) is 11.5 Å². The Balaban J connectivity index is 1.58. The average Bonchev–Trinajstić information content (AvgIpc) is 2.70. The Labute approximate surface area is 171 Å². The van der Waals surface area contributed by atoms with Crippen LogP contribution in [0.1, 0.15) is 39.5 Å². The van der Waals surface area contributed by atoms with E-state index in [1.54, 1.807) is 0 Å². The second-order valence-electron chi connectivity index (χ2n) is 5.87. The van der Waals surface area contributed by atoms with E-state index >= 15 is 0 Å². The molecule has 0 spiro atoms. The molecular weight excluding hydrogens is 380 g/mol. The topological polar surface area (TPSA) is 36.9 Å². The predicted molar refractivity (Wildman–Crippen MR) is 112 cm³/mol. The fraction of sp³-hybridized carbons (Fsp3) is 0.429. The molecule has 2 rings (SSSR count). The molecule has 0 aliphatic carbocycles. The summed E-state index contributed by atoms with van der Waals surface area (Å²) < 4.78 is 22.2. The SMILES string of the molecule is CCCCOc1ccc(SOCOSc2ccc(OCCCC)cc2)cc1. The van der Waals surface area contributed by atoms with Crippen molar-refractivity contribution in [2.75, 3.05) is 20.0 Å². The van der Waals surface area contributed by atoms with Crippen molar-refractivity contribution >= 4 is 24.1 Å². The van der Waals surface area contributed by atoms with Gasteiger partial charge in [-0.3, -0.25) is 8.37 Å². The zero-order valence-electron chi connectivity index (χ0n) is 16.0. The molecule has 0 amide bonds. The van der Waals surface area contributed by atoms with Gasteiger partial charge in [0.2, 0.25) is 0 Å². The predicted octanol–water partition coefficient (Wildman–Crippen LogP) is 6.75. The second-order valence-corrected chi connectivity index (χ2v) is 7.61. The lowest BCUT2D eigenvalue weighted by molar-refractivity contribution is 0.168. The maximum atomic E-state index is 5.64. The van der Waals surface area contributed by atoms with Crippen LogP contribution in [-0.4, -0.2) is 20.0 Å². The second kappa shape index (κ2) is 13.8. The van der Waals surface area contributed by atoms with Crippen LogP contribution in [0.15, 0.2) is 58.3 Å². The first-order chi connectivity index (χ1) is 13.3. The lowest BCUT2D eigenvalue weighted by Crippen LogP contribution is -1.96. The number of hydrogen-bond acceptors (Lipinski definition) is 6. The van der Waals surface area contributed by atoms with Gasteiger partial charge in [-0.05, 0) is 61.4 Å². The van der Waals surface area contributed by atoms with E-state index in [0.717, 1.165) is 60.2 Å². The Kier molecular flexibility index (Phi) is 11.2. The van der Waals surface area contributed by atoms with Gasteiger partial charge < -0.3 is 9.47 Å². The highest BCUT2D eigenvalue weighted by atomic mass is 32.2. The summed E-state index contributed by atoms with van der Waals surface area (Å²) >= 11 is 2.58. The zero-order valence-corrected chi connectivity index (χ0v) is 17.7. The first kappa shape index (κ1) is 22.0. The highest BCUT2D eigenvalue weighted by molar-refractivity contribution is 7.95. The molecule has 0 N–H and O–H groups in total. The third-order valence-corrected chi connectivity index (χ3v) is 4.94. The van der Waals surface area contributed by atoms with Gasteiger partial charge in [-0.25, -0.2) is 0 Å². The van der Waals surface area contributed by atoms with Crippen molar-refractivity contribution in [3.8, 4) is 11.5 Å². The van der Waals surface area contributed by atoms with Crippen LogP contribution in [0.5, 0.6) is 11.5 Å². The van der Waals surface area contributed by atoms with Crippen molar-refractivity contribution in [1.29, 1.82) is 0 Å². The molecule has 0 unspecified atom stereocenters. The molecule has 2 aromatic rings. The van der Waals surface area contributed by atoms with Crippen LogP contribution >= 0.6 is 24.1 Å². The Morgan fingerprint density at radius 1 is 0.630 bits per heavy atom. The molecule has 0 fully saturated rings. The van der Waals surface area contributed by atoms with Crippen LogP contribution in [0, 0.1) is 0 Å². The molecule has 0 atom stereocenters. The summed E-state index contributed by atoms with van der Waals surface area (Å²) in [4.78, 5) is 2.03. The lowest BCUT2D eigenvalue weighted by Gasteiger charge is -2.07. The van der Waals surface area contributed by atoms with E-state index in [1.165, 1.54) is 24.1 Å². The largest absolute Gasteiger partial charge is 0.494 e. The van der Waals surface area contributed by atoms with Crippen molar-refractivity contribution in [3.63, 3.8) is 0 Å². The summed E-state index contributed by atoms with van der Waals surface area (Å²) in [5.41, 5.74) is 0. The van der Waals surface area contributed by atoms with Crippen LogP contribution in [0.2, 0.25) is 0 Å². The van der Waals surface area contributed by atoms with Gasteiger partial charge in [0, 0.05) is 33.9 Å². The maximum absolute atomic E-state index is 5.64. The molecule has 2 aromatic carbocycles. The third kappa shape index (κ3) is 9.42. The fourth-order valence-corrected chi connectivity index (χ4v) is 3.08. The minimum absolute atomic E-state index is 0.193. The molecule has 0 aliphatic rings. The van der Waals surface area contributed by atoms with Gasteiger partial charge in [-0.15, -0.1) is 0 Å². The minimum atomic E-state index is 0.193. The number of benzene rings is 2. The number of hydrogen-bond donors (Lipinski definition) is 0. The summed E-state index contributed by atoms with van der Waals surface area (Å²) in [5, 5.41) is 0. The monoisotopic (exact) mass is 408 g/mol. The quantitative estimate of drug-likeness (QED) is 0.195. The van der Waals surface area contributed by atoms with Crippen LogP contribution in [-0.2, 0) is 8.37 Å². The summed E-state index contributed by atoms with van der Waals surface area (Å²) in [6.07, 6.45) is 4.42. The van der Waals surface area contributed by atoms with Crippen LogP contribution in [0.3, 0.4) is 0 Å². The van der Waals surface area contributed by atoms with E-state index in [-0.39, 0.29) is 6.79 Å². The normalized spacial score (nSPS) is 10.7. The molecular formula is C21H28O4S2. The first-order valence-electron chi connectivity index (χ1n) is 9.36. The standard InChI is InChI=1S/C21H28O4S2/c1-3-5-15-22-18-7-11-20(12-8-18)26-24-17-25-27-21-13-9-19(10-14-21)23-16-6-4-2/h7-14H,3-6,15-17H2,1-2H3. The van der Waals surface area contributed by atoms with Gasteiger partial charge in [0.25, 0.3) is 0 Å². The molecule has 0 heterocycles. The molecule has 27 heavy (non-hydrogen) atoms. The van der Waals surface area contributed by atoms with E-state index < -0.39 is 0 Å². The molecule has 0 saturated heterocycles. The molecule has 148 valence electrons. The number of unbranched alkanes of at least 4 members (excludes halogenated alkanes) is 2. The maximum Gasteiger partial charge on any atom is 0.174 e. The van der Waals surface area contributed by atoms with Gasteiger partial charge in [-0.1, -0.05) is 26.7 Å². The first-order valence-corrected chi connectivity index (χ1v) is 10.8. The van der Waals surface area contributed by atoms with E-state index in [4.69, 9.17) is 17.8 Å². The Hall–Kier alpha value is -1.34. The molecule has 0 saturated carbocycles. The van der Waals surface area contributed by atoms with Gasteiger partial charge in [0.15, 0.2) is 6.79 Å². The Bertz CT molecular complexity index is 562. The van der Waals surface area contributed by atoms with Crippen LogP contribution < -0.4 is 9.47 Å². The Morgan fingerprint density at radius 3 is 1.41 bits per heavy atom. The summed E-state index contributed by atoms with van der Waals surface area (Å²) in [6, 6.07) is 15.8. The van der Waals surface area contributed by atoms with Gasteiger partial charge >= 0.3 is 0 Å². The van der Waals surface area contributed by atoms with Crippen molar-refractivity contribution in [2.45, 2.75) is 49.3 Å². The number of rotatable bonds is 14. The minimum Gasteiger partial charge on any atom is -0.494 e. The van der Waals surface area contributed by atoms with Crippen molar-refractivity contribution < 1.29 is 17.8 Å². The van der Waals surface area contributed by atoms with E-state index in [0.29, 0.717) is 0 Å². The van der Waals surface area contributed by atoms with Gasteiger partial charge in [0.05, 0.1) is 13.2 Å². The highest BCUT2D eigenvalue weighted by Crippen LogP contribution is 2.25. The molecule has 0 aliphatic heterocycles. The van der Waals surface area contributed by atoms with Gasteiger partial charge in [-0.2, -0.15) is 0 Å². The van der Waals surface area contributed by atoms with Crippen LogP contribution in [0.25, 0.3) is 0 Å². The van der Waals surface area contributed by atoms with Crippen molar-refractivity contribution in [1.82, 2.24) is 0 Å². The van der Waals surface area contributed by atoms with Crippen molar-refractivity contribution in [2.24, 2.45) is 0 Å². The molecule has 4 nitrogen and oxygen atoms in total. The highest BCUT2D eigenvalue weighted by Gasteiger charge is 2.00.